The molecular weight excluding hydrogens is 356 g/mol. The Labute approximate surface area is 155 Å². The lowest BCUT2D eigenvalue weighted by Gasteiger charge is -2.31. The quantitative estimate of drug-likeness (QED) is 0.572. The summed E-state index contributed by atoms with van der Waals surface area (Å²) in [7, 11) is -3.76. The fraction of sp³-hybridized carbons (Fsp3) is 0.611. The van der Waals surface area contributed by atoms with Gasteiger partial charge in [0, 0.05) is 22.6 Å². The number of carbonyl (C=O) groups excluding carboxylic acids is 1. The van der Waals surface area contributed by atoms with Crippen molar-refractivity contribution < 1.29 is 18.1 Å². The molecule has 1 aromatic rings. The maximum absolute atomic E-state index is 12.7. The fourth-order valence-electron chi connectivity index (χ4n) is 2.59. The van der Waals surface area contributed by atoms with Crippen LogP contribution in [-0.4, -0.2) is 36.5 Å². The van der Waals surface area contributed by atoms with Gasteiger partial charge < -0.3 is 5.32 Å². The summed E-state index contributed by atoms with van der Waals surface area (Å²) in [5.74, 6) is -1.10. The van der Waals surface area contributed by atoms with E-state index in [1.807, 2.05) is 20.8 Å². The van der Waals surface area contributed by atoms with E-state index in [9.17, 15) is 23.3 Å². The molecule has 0 aliphatic carbocycles. The second-order valence-corrected chi connectivity index (χ2v) is 10.6. The van der Waals surface area contributed by atoms with Gasteiger partial charge in [0.15, 0.2) is 15.6 Å². The van der Waals surface area contributed by atoms with E-state index in [4.69, 9.17) is 0 Å². The summed E-state index contributed by atoms with van der Waals surface area (Å²) >= 11 is 0. The molecule has 0 heterocycles. The molecule has 0 radical (unpaired) electrons. The minimum Gasteiger partial charge on any atom is -0.302 e. The Morgan fingerprint density at radius 2 is 1.69 bits per heavy atom. The van der Waals surface area contributed by atoms with E-state index >= 15 is 0 Å². The van der Waals surface area contributed by atoms with Crippen LogP contribution in [0.5, 0.6) is 0 Å². The number of hydrogen-bond acceptors (Lipinski definition) is 6. The number of nitrogens with one attached hydrogen (secondary N) is 1. The van der Waals surface area contributed by atoms with Crippen molar-refractivity contribution in [2.75, 3.05) is 5.75 Å². The van der Waals surface area contributed by atoms with Gasteiger partial charge in [-0.05, 0) is 20.8 Å². The molecule has 1 N–H and O–H groups in total. The Morgan fingerprint density at radius 1 is 1.15 bits per heavy atom. The molecule has 0 spiro atoms. The van der Waals surface area contributed by atoms with Gasteiger partial charge in [0.05, 0.1) is 22.5 Å². The van der Waals surface area contributed by atoms with Crippen molar-refractivity contribution in [1.82, 2.24) is 5.32 Å². The highest BCUT2D eigenvalue weighted by molar-refractivity contribution is 7.90. The normalized spacial score (nSPS) is 14.1. The number of hydrogen-bond donors (Lipinski definition) is 1. The first kappa shape index (κ1) is 22.2. The maximum Gasteiger partial charge on any atom is 0.273 e. The molecule has 1 rings (SSSR count). The molecule has 26 heavy (non-hydrogen) atoms. The predicted molar refractivity (Wildman–Crippen MR) is 102 cm³/mol. The van der Waals surface area contributed by atoms with E-state index < -0.39 is 43.3 Å². The van der Waals surface area contributed by atoms with Gasteiger partial charge in [-0.15, -0.1) is 0 Å². The van der Waals surface area contributed by atoms with Crippen LogP contribution < -0.4 is 5.32 Å². The molecule has 1 unspecified atom stereocenters. The van der Waals surface area contributed by atoms with E-state index in [0.29, 0.717) is 0 Å². The summed E-state index contributed by atoms with van der Waals surface area (Å²) in [5.41, 5.74) is -1.29. The first-order valence-corrected chi connectivity index (χ1v) is 10.2. The number of para-hydroxylation sites is 1. The summed E-state index contributed by atoms with van der Waals surface area (Å²) in [4.78, 5) is 23.2. The fourth-order valence-corrected chi connectivity index (χ4v) is 4.17. The third kappa shape index (κ3) is 6.84. The molecule has 0 aliphatic heterocycles. The number of nitro groups is 1. The van der Waals surface area contributed by atoms with Crippen LogP contribution in [0.25, 0.3) is 0 Å². The standard InChI is InChI=1S/C18H28N2O5S/c1-17(2,3)16(21)14(19-18(4,5)6)12-26(24,25)11-13-9-7-8-10-15(13)20(22)23/h7-10,14,19H,11-12H2,1-6H3. The number of nitrogens with zero attached hydrogens (tertiary/aromatic N) is 1. The van der Waals surface area contributed by atoms with E-state index in [1.165, 1.54) is 18.2 Å². The predicted octanol–water partition coefficient (Wildman–Crippen LogP) is 2.88. The third-order valence-electron chi connectivity index (χ3n) is 3.65. The lowest BCUT2D eigenvalue weighted by Crippen LogP contribution is -2.53. The molecule has 0 saturated heterocycles. The van der Waals surface area contributed by atoms with Crippen LogP contribution in [0.1, 0.15) is 47.1 Å². The average molecular weight is 384 g/mol. The molecule has 7 nitrogen and oxygen atoms in total. The van der Waals surface area contributed by atoms with Crippen LogP contribution in [-0.2, 0) is 20.4 Å². The number of benzene rings is 1. The summed E-state index contributed by atoms with van der Waals surface area (Å²) in [6, 6.07) is 4.86. The van der Waals surface area contributed by atoms with Gasteiger partial charge in [-0.2, -0.15) is 0 Å². The number of ketones is 1. The van der Waals surface area contributed by atoms with Crippen LogP contribution in [0.2, 0.25) is 0 Å². The van der Waals surface area contributed by atoms with Crippen LogP contribution in [0.4, 0.5) is 5.69 Å². The number of nitro benzene ring substituents is 1. The Balaban J connectivity index is 3.13. The molecule has 0 amide bonds. The first-order chi connectivity index (χ1) is 11.6. The highest BCUT2D eigenvalue weighted by atomic mass is 32.2. The van der Waals surface area contributed by atoms with Gasteiger partial charge in [-0.25, -0.2) is 8.42 Å². The summed E-state index contributed by atoms with van der Waals surface area (Å²) < 4.78 is 25.4. The van der Waals surface area contributed by atoms with Crippen LogP contribution in [0, 0.1) is 15.5 Å². The van der Waals surface area contributed by atoms with E-state index in [-0.39, 0.29) is 17.0 Å². The largest absolute Gasteiger partial charge is 0.302 e. The number of rotatable bonds is 7. The summed E-state index contributed by atoms with van der Waals surface area (Å²) in [6.45, 7) is 10.8. The van der Waals surface area contributed by atoms with Crippen molar-refractivity contribution in [3.8, 4) is 0 Å². The van der Waals surface area contributed by atoms with Gasteiger partial charge in [0.25, 0.3) is 5.69 Å². The second-order valence-electron chi connectivity index (χ2n) is 8.50. The van der Waals surface area contributed by atoms with Crippen molar-refractivity contribution in [1.29, 1.82) is 0 Å². The molecular formula is C18H28N2O5S. The lowest BCUT2D eigenvalue weighted by atomic mass is 9.86. The molecule has 0 bridgehead atoms. The minimum absolute atomic E-state index is 0.121. The highest BCUT2D eigenvalue weighted by Crippen LogP contribution is 2.23. The van der Waals surface area contributed by atoms with Crippen LogP contribution in [0.15, 0.2) is 24.3 Å². The van der Waals surface area contributed by atoms with Crippen molar-refractivity contribution in [3.05, 3.63) is 39.9 Å². The molecule has 0 aromatic heterocycles. The van der Waals surface area contributed by atoms with Gasteiger partial charge in [0.2, 0.25) is 0 Å². The molecule has 1 atom stereocenters. The molecule has 8 heteroatoms. The van der Waals surface area contributed by atoms with Gasteiger partial charge in [-0.1, -0.05) is 39.0 Å². The Hall–Kier alpha value is -1.80. The number of carbonyl (C=O) groups is 1. The summed E-state index contributed by atoms with van der Waals surface area (Å²) in [5, 5.41) is 14.2. The van der Waals surface area contributed by atoms with Crippen molar-refractivity contribution in [2.24, 2.45) is 5.41 Å². The molecule has 0 aliphatic rings. The van der Waals surface area contributed by atoms with Crippen molar-refractivity contribution in [2.45, 2.75) is 58.9 Å². The van der Waals surface area contributed by atoms with E-state index in [1.54, 1.807) is 26.8 Å². The summed E-state index contributed by atoms with van der Waals surface area (Å²) in [6.07, 6.45) is 0. The van der Waals surface area contributed by atoms with Crippen LogP contribution >= 0.6 is 0 Å². The zero-order valence-corrected chi connectivity index (χ0v) is 17.0. The SMILES string of the molecule is CC(C)(C)NC(CS(=O)(=O)Cc1ccccc1[N+](=O)[O-])C(=O)C(C)(C)C. The Bertz CT molecular complexity index is 774. The average Bonchev–Trinajstić information content (AvgIpc) is 2.42. The van der Waals surface area contributed by atoms with Crippen LogP contribution in [0.3, 0.4) is 0 Å². The highest BCUT2D eigenvalue weighted by Gasteiger charge is 2.35. The second kappa shape index (κ2) is 7.84. The zero-order chi connectivity index (χ0) is 20.3. The Kier molecular flexibility index (Phi) is 6.70. The monoisotopic (exact) mass is 384 g/mol. The first-order valence-electron chi connectivity index (χ1n) is 8.37. The van der Waals surface area contributed by atoms with E-state index in [0.717, 1.165) is 0 Å². The third-order valence-corrected chi connectivity index (χ3v) is 5.24. The van der Waals surface area contributed by atoms with Crippen molar-refractivity contribution >= 4 is 21.3 Å². The number of Topliss-reactive ketones (excluding diaryl/α,β-unsaturated/α-hetero) is 1. The lowest BCUT2D eigenvalue weighted by molar-refractivity contribution is -0.385. The zero-order valence-electron chi connectivity index (χ0n) is 16.2. The van der Waals surface area contributed by atoms with Crippen molar-refractivity contribution in [3.63, 3.8) is 0 Å². The molecule has 146 valence electrons. The van der Waals surface area contributed by atoms with Gasteiger partial charge in [0.1, 0.15) is 0 Å². The molecule has 0 fully saturated rings. The topological polar surface area (TPSA) is 106 Å². The van der Waals surface area contributed by atoms with Gasteiger partial charge in [-0.3, -0.25) is 14.9 Å². The van der Waals surface area contributed by atoms with E-state index in [2.05, 4.69) is 5.32 Å². The smallest absolute Gasteiger partial charge is 0.273 e. The molecule has 1 aromatic carbocycles. The minimum atomic E-state index is -3.76. The maximum atomic E-state index is 12.7. The Morgan fingerprint density at radius 3 is 2.15 bits per heavy atom. The van der Waals surface area contributed by atoms with Gasteiger partial charge >= 0.3 is 0 Å². The number of sulfone groups is 1. The molecule has 0 saturated carbocycles.